The van der Waals surface area contributed by atoms with Gasteiger partial charge < -0.3 is 4.74 Å². The van der Waals surface area contributed by atoms with Crippen LogP contribution in [-0.4, -0.2) is 12.3 Å². The second-order valence-electron chi connectivity index (χ2n) is 5.88. The molecule has 0 N–H and O–H groups in total. The van der Waals surface area contributed by atoms with E-state index >= 15 is 0 Å². The number of hydrogen-bond acceptors (Lipinski definition) is 1. The van der Waals surface area contributed by atoms with Gasteiger partial charge in [-0.05, 0) is 49.3 Å². The minimum Gasteiger partial charge on any atom is -0.374 e. The van der Waals surface area contributed by atoms with Crippen molar-refractivity contribution in [1.29, 1.82) is 0 Å². The van der Waals surface area contributed by atoms with Crippen LogP contribution in [0.25, 0.3) is 0 Å². The van der Waals surface area contributed by atoms with Crippen LogP contribution in [-0.2, 0) is 11.3 Å². The van der Waals surface area contributed by atoms with Crippen molar-refractivity contribution in [2.75, 3.05) is 0 Å². The van der Waals surface area contributed by atoms with E-state index in [-0.39, 0.29) is 18.3 Å². The Morgan fingerprint density at radius 3 is 2.17 bits per heavy atom. The van der Waals surface area contributed by atoms with Gasteiger partial charge >= 0.3 is 6.18 Å². The van der Waals surface area contributed by atoms with Crippen molar-refractivity contribution in [1.82, 2.24) is 0 Å². The maximum Gasteiger partial charge on any atom is 0.458 e. The van der Waals surface area contributed by atoms with E-state index in [1.165, 1.54) is 5.92 Å². The molecule has 0 unspecified atom stereocenters. The van der Waals surface area contributed by atoms with Crippen molar-refractivity contribution in [2.45, 2.75) is 51.5 Å². The average molecular weight is 332 g/mol. The van der Waals surface area contributed by atoms with E-state index in [1.54, 1.807) is 0 Å². The van der Waals surface area contributed by atoms with E-state index in [0.717, 1.165) is 43.7 Å². The Morgan fingerprint density at radius 2 is 1.65 bits per heavy atom. The van der Waals surface area contributed by atoms with Gasteiger partial charge in [0.2, 0.25) is 0 Å². The largest absolute Gasteiger partial charge is 0.458 e. The summed E-state index contributed by atoms with van der Waals surface area (Å²) in [6.07, 6.45) is -0.818. The molecule has 0 aliphatic heterocycles. The van der Waals surface area contributed by atoms with Crippen LogP contribution in [0.5, 0.6) is 0 Å². The number of benzene rings is 1. The van der Waals surface area contributed by atoms with Crippen molar-refractivity contribution in [2.24, 2.45) is 5.92 Å². The molecule has 0 heterocycles. The highest BCUT2D eigenvalue weighted by atomic mass is 19.4. The first-order chi connectivity index (χ1) is 10.7. The lowest BCUT2D eigenvalue weighted by Gasteiger charge is -2.26. The van der Waals surface area contributed by atoms with Crippen LogP contribution < -0.4 is 0 Å². The predicted octanol–water partition coefficient (Wildman–Crippen LogP) is 4.97. The van der Waals surface area contributed by atoms with Gasteiger partial charge in [0.25, 0.3) is 0 Å². The number of alkyl halides is 3. The molecule has 1 aromatic rings. The summed E-state index contributed by atoms with van der Waals surface area (Å²) in [6, 6.07) is 1.93. The number of halogens is 5. The average Bonchev–Trinajstić information content (AvgIpc) is 2.44. The molecule has 0 bridgehead atoms. The lowest BCUT2D eigenvalue weighted by atomic mass is 9.89. The molecule has 1 aliphatic carbocycles. The van der Waals surface area contributed by atoms with E-state index in [2.05, 4.69) is 6.92 Å². The van der Waals surface area contributed by atoms with Gasteiger partial charge in [0.15, 0.2) is 0 Å². The first-order valence-corrected chi connectivity index (χ1v) is 7.44. The topological polar surface area (TPSA) is 9.23 Å². The van der Waals surface area contributed by atoms with Crippen LogP contribution in [0.3, 0.4) is 0 Å². The second-order valence-corrected chi connectivity index (χ2v) is 5.88. The van der Waals surface area contributed by atoms with Gasteiger partial charge in [-0.2, -0.15) is 13.2 Å². The van der Waals surface area contributed by atoms with E-state index < -0.39 is 23.4 Å². The van der Waals surface area contributed by atoms with Crippen LogP contribution in [0.4, 0.5) is 22.0 Å². The molecule has 0 spiro atoms. The third-order valence-electron chi connectivity index (χ3n) is 3.88. The van der Waals surface area contributed by atoms with Gasteiger partial charge in [-0.3, -0.25) is 0 Å². The van der Waals surface area contributed by atoms with Crippen LogP contribution in [0.2, 0.25) is 0 Å². The molecular weight excluding hydrogens is 315 g/mol. The van der Waals surface area contributed by atoms with Crippen molar-refractivity contribution in [3.63, 3.8) is 0 Å². The predicted molar refractivity (Wildman–Crippen MR) is 75.5 cm³/mol. The highest BCUT2D eigenvalue weighted by Crippen LogP contribution is 2.26. The Bertz CT molecular complexity index is 581. The molecule has 23 heavy (non-hydrogen) atoms. The third-order valence-corrected chi connectivity index (χ3v) is 3.88. The third kappa shape index (κ3) is 5.51. The van der Waals surface area contributed by atoms with E-state index in [4.69, 9.17) is 4.74 Å². The molecule has 126 valence electrons. The van der Waals surface area contributed by atoms with Crippen molar-refractivity contribution in [3.8, 4) is 11.8 Å². The molecule has 1 nitrogen and oxygen atoms in total. The Kier molecular flexibility index (Phi) is 5.64. The molecule has 1 fully saturated rings. The van der Waals surface area contributed by atoms with Gasteiger partial charge in [-0.15, -0.1) is 0 Å². The Balaban J connectivity index is 2.03. The molecular formula is C17H17F5O. The maximum absolute atomic E-state index is 13.7. The molecule has 0 aromatic heterocycles. The van der Waals surface area contributed by atoms with Gasteiger partial charge in [0.05, 0.1) is 18.3 Å². The van der Waals surface area contributed by atoms with Crippen molar-refractivity contribution >= 4 is 0 Å². The Hall–Kier alpha value is -1.61. The fourth-order valence-corrected chi connectivity index (χ4v) is 2.57. The highest BCUT2D eigenvalue weighted by Gasteiger charge is 2.24. The number of hydrogen-bond donors (Lipinski definition) is 0. The van der Waals surface area contributed by atoms with Gasteiger partial charge in [-0.1, -0.05) is 12.8 Å². The molecule has 1 saturated carbocycles. The summed E-state index contributed by atoms with van der Waals surface area (Å²) >= 11 is 0. The summed E-state index contributed by atoms with van der Waals surface area (Å²) in [4.78, 5) is 0. The lowest BCUT2D eigenvalue weighted by Crippen LogP contribution is -2.20. The van der Waals surface area contributed by atoms with Crippen LogP contribution in [0.1, 0.15) is 43.7 Å². The molecule has 1 aliphatic rings. The summed E-state index contributed by atoms with van der Waals surface area (Å²) in [6.45, 7) is 2.20. The summed E-state index contributed by atoms with van der Waals surface area (Å²) < 4.78 is 69.1. The van der Waals surface area contributed by atoms with Crippen LogP contribution >= 0.6 is 0 Å². The van der Waals surface area contributed by atoms with Crippen LogP contribution in [0.15, 0.2) is 12.1 Å². The first kappa shape index (κ1) is 17.7. The van der Waals surface area contributed by atoms with E-state index in [1.807, 2.05) is 0 Å². The summed E-state index contributed by atoms with van der Waals surface area (Å²) in [5, 5.41) is 0. The Labute approximate surface area is 131 Å². The fourth-order valence-electron chi connectivity index (χ4n) is 2.57. The molecule has 0 radical (unpaired) electrons. The minimum absolute atomic E-state index is 0.0276. The quantitative estimate of drug-likeness (QED) is 0.561. The molecule has 1 aromatic carbocycles. The maximum atomic E-state index is 13.7. The SMILES string of the molecule is CC1CCC(OCc2cc(F)c(C#CC(F)(F)F)c(F)c2)CC1. The smallest absolute Gasteiger partial charge is 0.374 e. The lowest BCUT2D eigenvalue weighted by molar-refractivity contribution is -0.0696. The molecule has 0 amide bonds. The van der Waals surface area contributed by atoms with Crippen molar-refractivity contribution in [3.05, 3.63) is 34.9 Å². The second kappa shape index (κ2) is 7.31. The van der Waals surface area contributed by atoms with Crippen molar-refractivity contribution < 1.29 is 26.7 Å². The van der Waals surface area contributed by atoms with Gasteiger partial charge in [0, 0.05) is 5.92 Å². The summed E-state index contributed by atoms with van der Waals surface area (Å²) in [7, 11) is 0. The zero-order valence-corrected chi connectivity index (χ0v) is 12.6. The van der Waals surface area contributed by atoms with E-state index in [0.29, 0.717) is 5.92 Å². The molecule has 0 saturated heterocycles. The van der Waals surface area contributed by atoms with E-state index in [9.17, 15) is 22.0 Å². The summed E-state index contributed by atoms with van der Waals surface area (Å²) in [5.41, 5.74) is -0.631. The monoisotopic (exact) mass is 332 g/mol. The van der Waals surface area contributed by atoms with Crippen LogP contribution in [0, 0.1) is 29.4 Å². The summed E-state index contributed by atoms with van der Waals surface area (Å²) in [5.74, 6) is 0.795. The zero-order chi connectivity index (χ0) is 17.0. The number of rotatable bonds is 3. The number of ether oxygens (including phenoxy) is 1. The van der Waals surface area contributed by atoms with Gasteiger partial charge in [-0.25, -0.2) is 8.78 Å². The standard InChI is InChI=1S/C17H17F5O/c1-11-2-4-13(5-3-11)23-10-12-8-15(18)14(16(19)9-12)6-7-17(20,21)22/h8-9,11,13H,2-5,10H2,1H3. The normalized spacial score (nSPS) is 21.7. The van der Waals surface area contributed by atoms with Gasteiger partial charge in [0.1, 0.15) is 11.6 Å². The Morgan fingerprint density at radius 1 is 1.09 bits per heavy atom. The fraction of sp³-hybridized carbons (Fsp3) is 0.529. The minimum atomic E-state index is -4.79. The molecule has 0 atom stereocenters. The molecule has 2 rings (SSSR count). The highest BCUT2D eigenvalue weighted by molar-refractivity contribution is 5.39. The zero-order valence-electron chi connectivity index (χ0n) is 12.6. The molecule has 6 heteroatoms. The first-order valence-electron chi connectivity index (χ1n) is 7.44.